The number of hydrogen-bond donors (Lipinski definition) is 1. The normalized spacial score (nSPS) is 17.4. The fourth-order valence-electron chi connectivity index (χ4n) is 4.00. The Morgan fingerprint density at radius 1 is 1.03 bits per heavy atom. The first kappa shape index (κ1) is 21.6. The van der Waals surface area contributed by atoms with Crippen molar-refractivity contribution >= 4 is 44.1 Å². The van der Waals surface area contributed by atoms with Crippen molar-refractivity contribution in [2.24, 2.45) is 0 Å². The molecule has 0 bridgehead atoms. The number of anilines is 1. The standard InChI is InChI=1S/C25H19N3O5S/c1-32-15-7-8-18(33-2)16(13-15)22(29)20-21(14-9-11-26-12-10-14)28(24(31)23(20)30)25-27-17-5-3-4-6-19(17)34-25/h3-13,21,29H,1-2H3/b22-20+. The van der Waals surface area contributed by atoms with Gasteiger partial charge in [-0.25, -0.2) is 4.98 Å². The van der Waals surface area contributed by atoms with Crippen LogP contribution in [0.25, 0.3) is 16.0 Å². The van der Waals surface area contributed by atoms with Crippen LogP contribution in [0.2, 0.25) is 0 Å². The topological polar surface area (TPSA) is 102 Å². The number of hydrogen-bond acceptors (Lipinski definition) is 8. The largest absolute Gasteiger partial charge is 0.507 e. The molecule has 1 amide bonds. The van der Waals surface area contributed by atoms with Gasteiger partial charge in [-0.15, -0.1) is 0 Å². The Morgan fingerprint density at radius 2 is 1.79 bits per heavy atom. The summed E-state index contributed by atoms with van der Waals surface area (Å²) in [5.41, 5.74) is 1.49. The molecule has 1 fully saturated rings. The van der Waals surface area contributed by atoms with Crippen LogP contribution in [0.15, 0.2) is 72.6 Å². The van der Waals surface area contributed by atoms with Gasteiger partial charge in [-0.2, -0.15) is 0 Å². The number of ether oxygens (including phenoxy) is 2. The molecule has 1 N–H and O–H groups in total. The quantitative estimate of drug-likeness (QED) is 0.261. The predicted octanol–water partition coefficient (Wildman–Crippen LogP) is 4.33. The number of rotatable bonds is 5. The molecule has 8 nitrogen and oxygen atoms in total. The van der Waals surface area contributed by atoms with Crippen molar-refractivity contribution in [3.63, 3.8) is 0 Å². The first-order valence-electron chi connectivity index (χ1n) is 10.3. The number of carbonyl (C=O) groups excluding carboxylic acids is 2. The highest BCUT2D eigenvalue weighted by Crippen LogP contribution is 2.45. The minimum atomic E-state index is -0.903. The number of pyridine rings is 1. The second-order valence-corrected chi connectivity index (χ2v) is 8.49. The van der Waals surface area contributed by atoms with Gasteiger partial charge in [-0.05, 0) is 48.0 Å². The number of amides is 1. The van der Waals surface area contributed by atoms with Crippen molar-refractivity contribution in [2.75, 3.05) is 19.1 Å². The summed E-state index contributed by atoms with van der Waals surface area (Å²) in [7, 11) is 2.95. The number of nitrogens with zero attached hydrogens (tertiary/aromatic N) is 3. The number of carbonyl (C=O) groups is 2. The minimum Gasteiger partial charge on any atom is -0.507 e. The summed E-state index contributed by atoms with van der Waals surface area (Å²) in [6.45, 7) is 0. The van der Waals surface area contributed by atoms with E-state index in [1.54, 1.807) is 42.7 Å². The molecule has 2 aromatic carbocycles. The zero-order chi connectivity index (χ0) is 23.8. The van der Waals surface area contributed by atoms with E-state index < -0.39 is 17.7 Å². The van der Waals surface area contributed by atoms with Crippen LogP contribution in [0.4, 0.5) is 5.13 Å². The molecule has 4 aromatic rings. The van der Waals surface area contributed by atoms with Crippen molar-refractivity contribution in [3.8, 4) is 11.5 Å². The first-order chi connectivity index (χ1) is 16.5. The molecule has 1 aliphatic heterocycles. The van der Waals surface area contributed by atoms with E-state index in [2.05, 4.69) is 9.97 Å². The number of Topliss-reactive ketones (excluding diaryl/α,β-unsaturated/α-hetero) is 1. The highest BCUT2D eigenvalue weighted by Gasteiger charge is 2.48. The van der Waals surface area contributed by atoms with Gasteiger partial charge < -0.3 is 14.6 Å². The average Bonchev–Trinajstić information content (AvgIpc) is 3.42. The summed E-state index contributed by atoms with van der Waals surface area (Å²) in [5.74, 6) is -1.16. The molecule has 5 rings (SSSR count). The number of aliphatic hydroxyl groups excluding tert-OH is 1. The van der Waals surface area contributed by atoms with Gasteiger partial charge in [0.1, 0.15) is 17.3 Å². The second kappa shape index (κ2) is 8.60. The number of methoxy groups -OCH3 is 2. The third-order valence-corrected chi connectivity index (χ3v) is 6.65. The van der Waals surface area contributed by atoms with Gasteiger partial charge in [0.15, 0.2) is 5.13 Å². The van der Waals surface area contributed by atoms with E-state index in [1.807, 2.05) is 24.3 Å². The van der Waals surface area contributed by atoms with Crippen LogP contribution in [-0.4, -0.2) is 41.0 Å². The van der Waals surface area contributed by atoms with Gasteiger partial charge in [0.05, 0.1) is 41.6 Å². The number of aliphatic hydroxyl groups is 1. The zero-order valence-electron chi connectivity index (χ0n) is 18.3. The first-order valence-corrected chi connectivity index (χ1v) is 11.1. The summed E-state index contributed by atoms with van der Waals surface area (Å²) in [4.78, 5) is 36.6. The Bertz CT molecular complexity index is 1410. The van der Waals surface area contributed by atoms with E-state index in [9.17, 15) is 14.7 Å². The lowest BCUT2D eigenvalue weighted by atomic mass is 9.95. The predicted molar refractivity (Wildman–Crippen MR) is 128 cm³/mol. The average molecular weight is 474 g/mol. The van der Waals surface area contributed by atoms with Crippen LogP contribution >= 0.6 is 11.3 Å². The Hall–Kier alpha value is -4.24. The number of para-hydroxylation sites is 1. The maximum atomic E-state index is 13.3. The third-order valence-electron chi connectivity index (χ3n) is 5.62. The van der Waals surface area contributed by atoms with Gasteiger partial charge in [0.25, 0.3) is 5.78 Å². The lowest BCUT2D eigenvalue weighted by Gasteiger charge is -2.23. The van der Waals surface area contributed by atoms with Crippen LogP contribution < -0.4 is 14.4 Å². The Balaban J connectivity index is 1.75. The van der Waals surface area contributed by atoms with E-state index in [4.69, 9.17) is 9.47 Å². The Labute approximate surface area is 198 Å². The minimum absolute atomic E-state index is 0.0676. The zero-order valence-corrected chi connectivity index (χ0v) is 19.1. The molecule has 3 heterocycles. The van der Waals surface area contributed by atoms with Crippen molar-refractivity contribution < 1.29 is 24.2 Å². The molecule has 2 aromatic heterocycles. The van der Waals surface area contributed by atoms with E-state index in [0.29, 0.717) is 27.7 Å². The number of thiazole rings is 1. The molecule has 1 aliphatic rings. The maximum Gasteiger partial charge on any atom is 0.301 e. The summed E-state index contributed by atoms with van der Waals surface area (Å²) < 4.78 is 11.6. The third kappa shape index (κ3) is 3.46. The van der Waals surface area contributed by atoms with Gasteiger partial charge in [-0.1, -0.05) is 23.5 Å². The molecular weight excluding hydrogens is 454 g/mol. The van der Waals surface area contributed by atoms with Crippen molar-refractivity contribution in [2.45, 2.75) is 6.04 Å². The van der Waals surface area contributed by atoms with Crippen LogP contribution in [0.5, 0.6) is 11.5 Å². The summed E-state index contributed by atoms with van der Waals surface area (Å²) in [6, 6.07) is 14.8. The van der Waals surface area contributed by atoms with Gasteiger partial charge in [0.2, 0.25) is 0 Å². The highest BCUT2D eigenvalue weighted by atomic mass is 32.1. The second-order valence-electron chi connectivity index (χ2n) is 7.48. The fraction of sp³-hybridized carbons (Fsp3) is 0.120. The van der Waals surface area contributed by atoms with Crippen LogP contribution in [-0.2, 0) is 9.59 Å². The molecule has 1 saturated heterocycles. The number of aromatic nitrogens is 2. The number of ketones is 1. The molecule has 0 radical (unpaired) electrons. The SMILES string of the molecule is COc1ccc(OC)c(/C(O)=C2\C(=O)C(=O)N(c3nc4ccccc4s3)C2c2ccncc2)c1. The summed E-state index contributed by atoms with van der Waals surface area (Å²) >= 11 is 1.30. The Kier molecular flexibility index (Phi) is 5.46. The van der Waals surface area contributed by atoms with Gasteiger partial charge >= 0.3 is 5.91 Å². The fourth-order valence-corrected chi connectivity index (χ4v) is 4.99. The lowest BCUT2D eigenvalue weighted by Crippen LogP contribution is -2.29. The lowest BCUT2D eigenvalue weighted by molar-refractivity contribution is -0.132. The molecule has 170 valence electrons. The number of benzene rings is 2. The maximum absolute atomic E-state index is 13.3. The molecule has 0 spiro atoms. The van der Waals surface area contributed by atoms with Crippen LogP contribution in [0, 0.1) is 0 Å². The Morgan fingerprint density at radius 3 is 2.50 bits per heavy atom. The van der Waals surface area contributed by atoms with Crippen LogP contribution in [0.3, 0.4) is 0 Å². The molecule has 1 unspecified atom stereocenters. The summed E-state index contributed by atoms with van der Waals surface area (Å²) in [5, 5.41) is 11.8. The molecular formula is C25H19N3O5S. The van der Waals surface area contributed by atoms with Crippen molar-refractivity contribution in [3.05, 3.63) is 83.7 Å². The summed E-state index contributed by atoms with van der Waals surface area (Å²) in [6.07, 6.45) is 3.14. The van der Waals surface area contributed by atoms with Gasteiger partial charge in [-0.3, -0.25) is 19.5 Å². The molecule has 9 heteroatoms. The van der Waals surface area contributed by atoms with Crippen molar-refractivity contribution in [1.29, 1.82) is 0 Å². The molecule has 0 saturated carbocycles. The highest BCUT2D eigenvalue weighted by molar-refractivity contribution is 7.22. The molecule has 1 atom stereocenters. The van der Waals surface area contributed by atoms with E-state index in [-0.39, 0.29) is 16.9 Å². The molecule has 0 aliphatic carbocycles. The molecule has 34 heavy (non-hydrogen) atoms. The van der Waals surface area contributed by atoms with Crippen LogP contribution in [0.1, 0.15) is 17.2 Å². The monoisotopic (exact) mass is 473 g/mol. The van der Waals surface area contributed by atoms with Gasteiger partial charge in [0, 0.05) is 12.4 Å². The smallest absolute Gasteiger partial charge is 0.301 e. The van der Waals surface area contributed by atoms with E-state index in [0.717, 1.165) is 4.70 Å². The van der Waals surface area contributed by atoms with E-state index in [1.165, 1.54) is 30.5 Å². The van der Waals surface area contributed by atoms with E-state index >= 15 is 0 Å². The van der Waals surface area contributed by atoms with Crippen molar-refractivity contribution in [1.82, 2.24) is 9.97 Å². The number of fused-ring (bicyclic) bond motifs is 1.